The maximum Gasteiger partial charge on any atom is 0.335 e. The molecule has 0 aromatic heterocycles. The highest BCUT2D eigenvalue weighted by Gasteiger charge is 2.19. The lowest BCUT2D eigenvalue weighted by atomic mass is 10.1. The number of aliphatic hydroxyl groups excluding tert-OH is 2. The molecule has 0 heterocycles. The molecule has 0 bridgehead atoms. The number of esters is 1. The fraction of sp³-hybridized carbons (Fsp3) is 0.833. The van der Waals surface area contributed by atoms with Crippen molar-refractivity contribution in [3.8, 4) is 0 Å². The fourth-order valence-electron chi connectivity index (χ4n) is 0.785. The average Bonchev–Trinajstić information content (AvgIpc) is 2.27. The van der Waals surface area contributed by atoms with E-state index in [1.807, 2.05) is 0 Å². The van der Waals surface area contributed by atoms with Crippen LogP contribution in [0, 0.1) is 11.8 Å². The van der Waals surface area contributed by atoms with Crippen LogP contribution < -0.4 is 0 Å². The third-order valence-electron chi connectivity index (χ3n) is 2.04. The third-order valence-corrected chi connectivity index (χ3v) is 2.04. The summed E-state index contributed by atoms with van der Waals surface area (Å²) in [5.41, 5.74) is 0. The van der Waals surface area contributed by atoms with Gasteiger partial charge in [-0.05, 0) is 18.8 Å². The zero-order valence-corrected chi connectivity index (χ0v) is 11.6. The highest BCUT2D eigenvalue weighted by molar-refractivity contribution is 5.74. The van der Waals surface area contributed by atoms with Gasteiger partial charge in [0.15, 0.2) is 12.2 Å². The molecule has 0 unspecified atom stereocenters. The standard InChI is InChI=1S/C7H14O3.C5H10O3/c1-4-10-7(9)6(8)5(2)3;1-3(2)4(6)5(7)8/h5-6,8H,4H2,1-3H3;3-4,6H,1-2H3,(H,7,8)/t6-;4-/m00/s1. The number of carboxylic acids is 1. The molecule has 0 spiro atoms. The Morgan fingerprint density at radius 2 is 1.39 bits per heavy atom. The minimum atomic E-state index is -1.21. The van der Waals surface area contributed by atoms with Crippen molar-refractivity contribution in [1.29, 1.82) is 0 Å². The maximum absolute atomic E-state index is 10.7. The van der Waals surface area contributed by atoms with E-state index in [9.17, 15) is 9.59 Å². The molecule has 0 fully saturated rings. The van der Waals surface area contributed by atoms with Crippen molar-refractivity contribution in [1.82, 2.24) is 0 Å². The first-order valence-electron chi connectivity index (χ1n) is 5.90. The van der Waals surface area contributed by atoms with Gasteiger partial charge in [-0.25, -0.2) is 9.59 Å². The van der Waals surface area contributed by atoms with E-state index in [1.165, 1.54) is 0 Å². The molecule has 0 amide bonds. The number of hydrogen-bond acceptors (Lipinski definition) is 5. The number of rotatable bonds is 5. The molecule has 0 rings (SSSR count). The molecular formula is C12H24O6. The number of aliphatic carboxylic acids is 1. The van der Waals surface area contributed by atoms with Crippen LogP contribution in [-0.2, 0) is 14.3 Å². The highest BCUT2D eigenvalue weighted by Crippen LogP contribution is 2.02. The van der Waals surface area contributed by atoms with Crippen LogP contribution in [0.15, 0.2) is 0 Å². The first-order chi connectivity index (χ1) is 8.14. The molecule has 3 N–H and O–H groups in total. The molecule has 0 aliphatic heterocycles. The summed E-state index contributed by atoms with van der Waals surface area (Å²) in [6, 6.07) is 0. The summed E-state index contributed by atoms with van der Waals surface area (Å²) in [7, 11) is 0. The molecule has 0 radical (unpaired) electrons. The Morgan fingerprint density at radius 3 is 1.56 bits per heavy atom. The van der Waals surface area contributed by atoms with Gasteiger partial charge in [-0.2, -0.15) is 0 Å². The number of carbonyl (C=O) groups is 2. The van der Waals surface area contributed by atoms with Crippen LogP contribution in [0.3, 0.4) is 0 Å². The van der Waals surface area contributed by atoms with Gasteiger partial charge in [0.2, 0.25) is 0 Å². The molecule has 0 saturated carbocycles. The van der Waals surface area contributed by atoms with Gasteiger partial charge in [-0.3, -0.25) is 0 Å². The molecule has 0 saturated heterocycles. The lowest BCUT2D eigenvalue weighted by Crippen LogP contribution is -2.27. The Hall–Kier alpha value is -1.14. The quantitative estimate of drug-likeness (QED) is 0.630. The number of carbonyl (C=O) groups excluding carboxylic acids is 1. The van der Waals surface area contributed by atoms with E-state index in [1.54, 1.807) is 34.6 Å². The lowest BCUT2D eigenvalue weighted by Gasteiger charge is -2.11. The maximum atomic E-state index is 10.7. The summed E-state index contributed by atoms with van der Waals surface area (Å²) >= 11 is 0. The topological polar surface area (TPSA) is 104 Å². The van der Waals surface area contributed by atoms with E-state index < -0.39 is 24.1 Å². The first-order valence-corrected chi connectivity index (χ1v) is 5.90. The summed E-state index contributed by atoms with van der Waals surface area (Å²) in [5.74, 6) is -1.95. The van der Waals surface area contributed by atoms with Crippen LogP contribution in [0.5, 0.6) is 0 Å². The van der Waals surface area contributed by atoms with Crippen molar-refractivity contribution in [2.75, 3.05) is 6.61 Å². The smallest absolute Gasteiger partial charge is 0.335 e. The molecule has 18 heavy (non-hydrogen) atoms. The van der Waals surface area contributed by atoms with Crippen LogP contribution in [0.25, 0.3) is 0 Å². The van der Waals surface area contributed by atoms with Gasteiger partial charge in [-0.1, -0.05) is 27.7 Å². The number of carboxylic acid groups (broad SMARTS) is 1. The summed E-state index contributed by atoms with van der Waals surface area (Å²) in [6.45, 7) is 8.87. The minimum Gasteiger partial charge on any atom is -0.479 e. The van der Waals surface area contributed by atoms with E-state index in [4.69, 9.17) is 15.3 Å². The predicted molar refractivity (Wildman–Crippen MR) is 66.0 cm³/mol. The van der Waals surface area contributed by atoms with Gasteiger partial charge in [0.05, 0.1) is 6.61 Å². The Balaban J connectivity index is 0. The second-order valence-corrected chi connectivity index (χ2v) is 4.47. The Kier molecular flexibility index (Phi) is 10.5. The monoisotopic (exact) mass is 264 g/mol. The van der Waals surface area contributed by atoms with Gasteiger partial charge >= 0.3 is 11.9 Å². The van der Waals surface area contributed by atoms with Crippen molar-refractivity contribution in [3.05, 3.63) is 0 Å². The molecule has 2 atom stereocenters. The van der Waals surface area contributed by atoms with E-state index in [2.05, 4.69) is 4.74 Å². The minimum absolute atomic E-state index is 0.0703. The van der Waals surface area contributed by atoms with Gasteiger partial charge < -0.3 is 20.1 Å². The number of hydrogen-bond donors (Lipinski definition) is 3. The van der Waals surface area contributed by atoms with E-state index in [0.29, 0.717) is 6.61 Å². The van der Waals surface area contributed by atoms with Gasteiger partial charge in [0.25, 0.3) is 0 Å². The van der Waals surface area contributed by atoms with Crippen molar-refractivity contribution in [3.63, 3.8) is 0 Å². The van der Waals surface area contributed by atoms with Gasteiger partial charge in [0.1, 0.15) is 0 Å². The first kappa shape index (κ1) is 19.2. The van der Waals surface area contributed by atoms with Crippen LogP contribution in [-0.4, -0.2) is 46.1 Å². The fourth-order valence-corrected chi connectivity index (χ4v) is 0.785. The van der Waals surface area contributed by atoms with E-state index in [0.717, 1.165) is 0 Å². The lowest BCUT2D eigenvalue weighted by molar-refractivity contribution is -0.155. The van der Waals surface area contributed by atoms with Crippen molar-refractivity contribution >= 4 is 11.9 Å². The summed E-state index contributed by atoms with van der Waals surface area (Å²) < 4.78 is 4.58. The summed E-state index contributed by atoms with van der Waals surface area (Å²) in [5, 5.41) is 25.8. The Morgan fingerprint density at radius 1 is 1.00 bits per heavy atom. The van der Waals surface area contributed by atoms with Crippen LogP contribution in [0.4, 0.5) is 0 Å². The van der Waals surface area contributed by atoms with Crippen molar-refractivity contribution in [2.24, 2.45) is 11.8 Å². The zero-order valence-electron chi connectivity index (χ0n) is 11.6. The normalized spacial score (nSPS) is 13.6. The number of aliphatic hydroxyl groups is 2. The predicted octanol–water partition coefficient (Wildman–Crippen LogP) is 0.654. The van der Waals surface area contributed by atoms with Crippen molar-refractivity contribution in [2.45, 2.75) is 46.8 Å². The molecule has 0 aliphatic carbocycles. The second-order valence-electron chi connectivity index (χ2n) is 4.47. The summed E-state index contributed by atoms with van der Waals surface area (Å²) in [4.78, 5) is 20.6. The number of ether oxygens (including phenoxy) is 1. The summed E-state index contributed by atoms with van der Waals surface area (Å²) in [6.07, 6.45) is -2.19. The average molecular weight is 264 g/mol. The third kappa shape index (κ3) is 8.95. The van der Waals surface area contributed by atoms with Gasteiger partial charge in [0, 0.05) is 0 Å². The van der Waals surface area contributed by atoms with E-state index in [-0.39, 0.29) is 11.8 Å². The van der Waals surface area contributed by atoms with Crippen LogP contribution in [0.1, 0.15) is 34.6 Å². The molecule has 6 heteroatoms. The zero-order chi connectivity index (χ0) is 14.9. The SMILES string of the molecule is CC(C)[C@H](O)C(=O)O.CCOC(=O)[C@@H](O)C(C)C. The molecule has 0 aromatic carbocycles. The molecule has 0 aromatic rings. The van der Waals surface area contributed by atoms with Gasteiger partial charge in [-0.15, -0.1) is 0 Å². The Labute approximate surface area is 108 Å². The molecular weight excluding hydrogens is 240 g/mol. The van der Waals surface area contributed by atoms with Crippen LogP contribution in [0.2, 0.25) is 0 Å². The van der Waals surface area contributed by atoms with Crippen molar-refractivity contribution < 1.29 is 29.6 Å². The second kappa shape index (κ2) is 9.85. The van der Waals surface area contributed by atoms with E-state index >= 15 is 0 Å². The Bertz CT molecular complexity index is 249. The van der Waals surface area contributed by atoms with Crippen LogP contribution >= 0.6 is 0 Å². The largest absolute Gasteiger partial charge is 0.479 e. The molecule has 108 valence electrons. The molecule has 6 nitrogen and oxygen atoms in total. The molecule has 0 aliphatic rings. The highest BCUT2D eigenvalue weighted by atomic mass is 16.5.